The molecule has 0 N–H and O–H groups in total. The molecule has 2 aliphatic rings. The Bertz CT molecular complexity index is 724. The van der Waals surface area contributed by atoms with Gasteiger partial charge in [-0.15, -0.1) is 0 Å². The molecule has 1 aliphatic heterocycles. The lowest BCUT2D eigenvalue weighted by Gasteiger charge is -2.25. The maximum atomic E-state index is 13.1. The van der Waals surface area contributed by atoms with Crippen molar-refractivity contribution in [2.24, 2.45) is 13.0 Å². The minimum atomic E-state index is -0.233. The van der Waals surface area contributed by atoms with E-state index in [4.69, 9.17) is 0 Å². The summed E-state index contributed by atoms with van der Waals surface area (Å²) in [6.07, 6.45) is 6.75. The van der Waals surface area contributed by atoms with Crippen LogP contribution in [0.25, 0.3) is 0 Å². The summed E-state index contributed by atoms with van der Waals surface area (Å²) in [6, 6.07) is 6.66. The van der Waals surface area contributed by atoms with Gasteiger partial charge < -0.3 is 4.90 Å². The maximum absolute atomic E-state index is 13.1. The minimum absolute atomic E-state index is 0.0836. The molecule has 1 saturated carbocycles. The number of carbonyl (C=O) groups is 1. The summed E-state index contributed by atoms with van der Waals surface area (Å²) in [4.78, 5) is 14.9. The molecule has 3 atom stereocenters. The van der Waals surface area contributed by atoms with Crippen LogP contribution >= 0.6 is 0 Å². The van der Waals surface area contributed by atoms with Crippen LogP contribution in [0.1, 0.15) is 42.3 Å². The van der Waals surface area contributed by atoms with E-state index >= 15 is 0 Å². The zero-order chi connectivity index (χ0) is 16.0. The topological polar surface area (TPSA) is 38.1 Å². The quantitative estimate of drug-likeness (QED) is 0.873. The highest BCUT2D eigenvalue weighted by molar-refractivity contribution is 5.83. The number of halogens is 1. The average molecular weight is 313 g/mol. The van der Waals surface area contributed by atoms with Crippen molar-refractivity contribution in [1.29, 1.82) is 0 Å². The number of benzene rings is 1. The molecule has 1 saturated heterocycles. The monoisotopic (exact) mass is 313 g/mol. The summed E-state index contributed by atoms with van der Waals surface area (Å²) in [5.41, 5.74) is 2.19. The maximum Gasteiger partial charge on any atom is 0.226 e. The number of rotatable bonds is 3. The summed E-state index contributed by atoms with van der Waals surface area (Å²) >= 11 is 0. The van der Waals surface area contributed by atoms with E-state index in [1.165, 1.54) is 12.1 Å². The Labute approximate surface area is 134 Å². The Morgan fingerprint density at radius 1 is 1.26 bits per heavy atom. The van der Waals surface area contributed by atoms with Gasteiger partial charge in [0, 0.05) is 25.7 Å². The molecule has 2 aromatic rings. The van der Waals surface area contributed by atoms with Gasteiger partial charge in [-0.1, -0.05) is 12.1 Å². The predicted molar refractivity (Wildman–Crippen MR) is 84.1 cm³/mol. The van der Waals surface area contributed by atoms with Crippen molar-refractivity contribution < 1.29 is 9.18 Å². The van der Waals surface area contributed by atoms with Gasteiger partial charge in [-0.2, -0.15) is 5.10 Å². The molecular weight excluding hydrogens is 293 g/mol. The number of hydrogen-bond acceptors (Lipinski definition) is 2. The fourth-order valence-corrected chi connectivity index (χ4v) is 3.74. The smallest absolute Gasteiger partial charge is 0.226 e. The molecule has 120 valence electrons. The lowest BCUT2D eigenvalue weighted by atomic mass is 10.0. The molecule has 1 amide bonds. The summed E-state index contributed by atoms with van der Waals surface area (Å²) in [6.45, 7) is 0.803. The molecule has 1 aromatic heterocycles. The zero-order valence-corrected chi connectivity index (χ0v) is 13.2. The first kappa shape index (κ1) is 14.4. The van der Waals surface area contributed by atoms with Gasteiger partial charge in [0.2, 0.25) is 5.91 Å². The number of aryl methyl sites for hydroxylation is 1. The van der Waals surface area contributed by atoms with E-state index in [1.807, 2.05) is 24.3 Å². The van der Waals surface area contributed by atoms with Gasteiger partial charge in [0.1, 0.15) is 5.82 Å². The Kier molecular flexibility index (Phi) is 3.43. The largest absolute Gasteiger partial charge is 0.335 e. The van der Waals surface area contributed by atoms with E-state index in [0.717, 1.165) is 36.9 Å². The molecule has 2 heterocycles. The highest BCUT2D eigenvalue weighted by atomic mass is 19.1. The first-order valence-electron chi connectivity index (χ1n) is 8.18. The minimum Gasteiger partial charge on any atom is -0.335 e. The standard InChI is InChI=1S/C18H20FN3O/c1-21-11-13(10-20-21)15-9-16(15)18(23)22-8-2-3-17(22)12-4-6-14(19)7-5-12/h4-7,10-11,15-17H,2-3,8-9H2,1H3/t15-,16-,17-/m0/s1. The molecule has 4 nitrogen and oxygen atoms in total. The van der Waals surface area contributed by atoms with Crippen LogP contribution in [0.4, 0.5) is 4.39 Å². The van der Waals surface area contributed by atoms with Crippen molar-refractivity contribution in [2.75, 3.05) is 6.54 Å². The number of likely N-dealkylation sites (tertiary alicyclic amines) is 1. The third-order valence-electron chi connectivity index (χ3n) is 5.05. The highest BCUT2D eigenvalue weighted by Crippen LogP contribution is 2.50. The third-order valence-corrected chi connectivity index (χ3v) is 5.05. The summed E-state index contributed by atoms with van der Waals surface area (Å²) in [5, 5.41) is 4.20. The molecule has 1 aliphatic carbocycles. The molecule has 5 heteroatoms. The van der Waals surface area contributed by atoms with Crippen LogP contribution in [0.2, 0.25) is 0 Å². The molecule has 0 spiro atoms. The second-order valence-electron chi connectivity index (χ2n) is 6.64. The van der Waals surface area contributed by atoms with Crippen LogP contribution in [-0.2, 0) is 11.8 Å². The van der Waals surface area contributed by atoms with Crippen molar-refractivity contribution in [2.45, 2.75) is 31.2 Å². The summed E-state index contributed by atoms with van der Waals surface area (Å²) in [7, 11) is 1.90. The second kappa shape index (κ2) is 5.48. The zero-order valence-electron chi connectivity index (χ0n) is 13.2. The van der Waals surface area contributed by atoms with E-state index in [1.54, 1.807) is 16.8 Å². The molecule has 23 heavy (non-hydrogen) atoms. The fourth-order valence-electron chi connectivity index (χ4n) is 3.74. The van der Waals surface area contributed by atoms with E-state index in [-0.39, 0.29) is 23.7 Å². The van der Waals surface area contributed by atoms with Crippen LogP contribution in [0.5, 0.6) is 0 Å². The van der Waals surface area contributed by atoms with Crippen molar-refractivity contribution >= 4 is 5.91 Å². The summed E-state index contributed by atoms with van der Waals surface area (Å²) < 4.78 is 14.9. The first-order chi connectivity index (χ1) is 11.1. The molecular formula is C18H20FN3O. The molecule has 1 aromatic carbocycles. The number of amides is 1. The van der Waals surface area contributed by atoms with Gasteiger partial charge in [-0.05, 0) is 48.4 Å². The van der Waals surface area contributed by atoms with E-state index < -0.39 is 0 Å². The van der Waals surface area contributed by atoms with E-state index in [2.05, 4.69) is 5.10 Å². The van der Waals surface area contributed by atoms with Crippen LogP contribution < -0.4 is 0 Å². The van der Waals surface area contributed by atoms with Crippen molar-refractivity contribution in [3.63, 3.8) is 0 Å². The Hall–Kier alpha value is -2.17. The Morgan fingerprint density at radius 2 is 2.04 bits per heavy atom. The van der Waals surface area contributed by atoms with Gasteiger partial charge in [0.25, 0.3) is 0 Å². The van der Waals surface area contributed by atoms with Crippen molar-refractivity contribution in [3.05, 3.63) is 53.6 Å². The predicted octanol–water partition coefficient (Wildman–Crippen LogP) is 3.03. The van der Waals surface area contributed by atoms with E-state index in [9.17, 15) is 9.18 Å². The number of hydrogen-bond donors (Lipinski definition) is 0. The van der Waals surface area contributed by atoms with Gasteiger partial charge >= 0.3 is 0 Å². The number of nitrogens with zero attached hydrogens (tertiary/aromatic N) is 3. The SMILES string of the molecule is Cn1cc([C@@H]2C[C@@H]2C(=O)N2CCC[C@H]2c2ccc(F)cc2)cn1. The summed E-state index contributed by atoms with van der Waals surface area (Å²) in [5.74, 6) is 0.403. The van der Waals surface area contributed by atoms with Gasteiger partial charge in [-0.25, -0.2) is 4.39 Å². The van der Waals surface area contributed by atoms with Crippen molar-refractivity contribution in [3.8, 4) is 0 Å². The molecule has 0 bridgehead atoms. The lowest BCUT2D eigenvalue weighted by Crippen LogP contribution is -2.32. The van der Waals surface area contributed by atoms with Crippen LogP contribution in [0.3, 0.4) is 0 Å². The Morgan fingerprint density at radius 3 is 2.74 bits per heavy atom. The van der Waals surface area contributed by atoms with Crippen LogP contribution in [-0.4, -0.2) is 27.1 Å². The molecule has 0 radical (unpaired) electrons. The van der Waals surface area contributed by atoms with Crippen LogP contribution in [0, 0.1) is 11.7 Å². The second-order valence-corrected chi connectivity index (χ2v) is 6.64. The van der Waals surface area contributed by atoms with Gasteiger partial charge in [-0.3, -0.25) is 9.48 Å². The van der Waals surface area contributed by atoms with Gasteiger partial charge in [0.05, 0.1) is 12.2 Å². The molecule has 2 fully saturated rings. The average Bonchev–Trinajstić information content (AvgIpc) is 2.98. The van der Waals surface area contributed by atoms with Crippen LogP contribution in [0.15, 0.2) is 36.7 Å². The lowest BCUT2D eigenvalue weighted by molar-refractivity contribution is -0.133. The van der Waals surface area contributed by atoms with E-state index in [0.29, 0.717) is 5.92 Å². The molecule has 0 unspecified atom stereocenters. The highest BCUT2D eigenvalue weighted by Gasteiger charge is 2.48. The number of aromatic nitrogens is 2. The number of carbonyl (C=O) groups excluding carboxylic acids is 1. The fraction of sp³-hybridized carbons (Fsp3) is 0.444. The normalized spacial score (nSPS) is 26.5. The third kappa shape index (κ3) is 2.64. The van der Waals surface area contributed by atoms with Crippen molar-refractivity contribution in [1.82, 2.24) is 14.7 Å². The first-order valence-corrected chi connectivity index (χ1v) is 8.18. The van der Waals surface area contributed by atoms with Gasteiger partial charge in [0.15, 0.2) is 0 Å². The molecule has 4 rings (SSSR count). The Balaban J connectivity index is 1.49.